The number of aliphatic hydroxyl groups excluding tert-OH is 2. The number of phenolic OH excluding ortho intramolecular Hbond substituents is 1. The predicted molar refractivity (Wildman–Crippen MR) is 174 cm³/mol. The first-order valence-electron chi connectivity index (χ1n) is 16.3. The zero-order valence-corrected chi connectivity index (χ0v) is 27.7. The lowest BCUT2D eigenvalue weighted by Crippen LogP contribution is -2.72. The summed E-state index contributed by atoms with van der Waals surface area (Å²) >= 11 is 0. The maximum atomic E-state index is 14.4. The van der Waals surface area contributed by atoms with Gasteiger partial charge in [-0.3, -0.25) is 19.3 Å². The van der Waals surface area contributed by atoms with Gasteiger partial charge in [0.05, 0.1) is 50.6 Å². The number of fused-ring (bicyclic) bond motifs is 4. The molecule has 7 rings (SSSR count). The highest BCUT2D eigenvalue weighted by atomic mass is 16.6. The van der Waals surface area contributed by atoms with E-state index in [1.165, 1.54) is 30.0 Å². The first-order valence-corrected chi connectivity index (χ1v) is 16.3. The summed E-state index contributed by atoms with van der Waals surface area (Å²) in [6, 6.07) is 10.3. The Morgan fingerprint density at radius 1 is 1.06 bits per heavy atom. The molecule has 2 aliphatic heterocycles. The van der Waals surface area contributed by atoms with Gasteiger partial charge in [-0.2, -0.15) is 0 Å². The van der Waals surface area contributed by atoms with Gasteiger partial charge in [0.15, 0.2) is 11.4 Å². The number of aromatic hydroxyl groups is 1. The second kappa shape index (κ2) is 11.1. The minimum Gasteiger partial charge on any atom is -0.508 e. The van der Waals surface area contributed by atoms with Crippen molar-refractivity contribution in [2.24, 2.45) is 11.8 Å². The number of aliphatic hydroxyl groups is 4. The number of ketones is 2. The Labute approximate surface area is 282 Å². The zero-order chi connectivity index (χ0) is 35.3. The summed E-state index contributed by atoms with van der Waals surface area (Å²) in [4.78, 5) is 44.0. The summed E-state index contributed by atoms with van der Waals surface area (Å²) < 4.78 is 18.0. The molecule has 15 heteroatoms. The van der Waals surface area contributed by atoms with Crippen LogP contribution in [0.15, 0.2) is 59.4 Å². The van der Waals surface area contributed by atoms with Gasteiger partial charge >= 0.3 is 6.69 Å². The molecule has 0 bridgehead atoms. The number of likely N-dealkylation sites (N-methyl/N-ethyl adjacent to an activating group) is 1. The number of hydrogen-bond donors (Lipinski definition) is 6. The largest absolute Gasteiger partial charge is 0.508 e. The number of benzene rings is 2. The van der Waals surface area contributed by atoms with Gasteiger partial charge in [-0.05, 0) is 51.2 Å². The fourth-order valence-electron chi connectivity index (χ4n) is 9.04. The normalized spacial score (nSPS) is 35.2. The van der Waals surface area contributed by atoms with E-state index in [1.54, 1.807) is 33.3 Å². The van der Waals surface area contributed by atoms with Gasteiger partial charge in [-0.25, -0.2) is 0 Å². The van der Waals surface area contributed by atoms with Crippen LogP contribution < -0.4 is 15.5 Å². The van der Waals surface area contributed by atoms with Crippen LogP contribution in [0.4, 0.5) is 0 Å². The van der Waals surface area contributed by atoms with Crippen molar-refractivity contribution in [1.29, 1.82) is 0 Å². The molecule has 2 aromatic carbocycles. The molecule has 6 N–H and O–H groups in total. The Morgan fingerprint density at radius 3 is 2.33 bits per heavy atom. The van der Waals surface area contributed by atoms with E-state index in [4.69, 9.17) is 14.0 Å². The molecule has 3 aliphatic carbocycles. The van der Waals surface area contributed by atoms with E-state index in [0.29, 0.717) is 32.1 Å². The summed E-state index contributed by atoms with van der Waals surface area (Å²) in [6.07, 6.45) is -0.223. The van der Waals surface area contributed by atoms with Crippen LogP contribution in [0.25, 0.3) is 5.76 Å². The number of rotatable bonds is 6. The summed E-state index contributed by atoms with van der Waals surface area (Å²) in [6.45, 7) is 0.922. The maximum Gasteiger partial charge on any atom is 0.504 e. The van der Waals surface area contributed by atoms with Crippen molar-refractivity contribution in [3.8, 4) is 11.5 Å². The Kier molecular flexibility index (Phi) is 7.56. The number of quaternary nitrogens is 1. The predicted octanol–water partition coefficient (Wildman–Crippen LogP) is -0.0507. The second-order valence-corrected chi connectivity index (χ2v) is 14.1. The van der Waals surface area contributed by atoms with Crippen LogP contribution in [0.3, 0.4) is 0 Å². The SMILES string of the molecule is COc1ccc([B-]23OCC[N+]2(CNC(=O)C2=C(O)C4(O)C(=O)C5=C(O)c6c(O)cccc6C(C)(O)C5CC4C(N(C)C)C2=O)CCO3)cc1. The third kappa shape index (κ3) is 4.33. The number of phenols is 1. The minimum atomic E-state index is -2.82. The molecule has 2 saturated heterocycles. The number of methoxy groups -OCH3 is 1. The Hall–Kier alpha value is -4.25. The molecule has 5 atom stereocenters. The van der Waals surface area contributed by atoms with Gasteiger partial charge in [0.2, 0.25) is 5.78 Å². The van der Waals surface area contributed by atoms with Gasteiger partial charge in [0.1, 0.15) is 35.3 Å². The van der Waals surface area contributed by atoms with Crippen molar-refractivity contribution in [2.45, 2.75) is 30.6 Å². The molecule has 260 valence electrons. The van der Waals surface area contributed by atoms with Crippen molar-refractivity contribution < 1.29 is 58.4 Å². The molecular weight excluding hydrogens is 637 g/mol. The fraction of sp³-hybridized carbons (Fsp3) is 0.441. The molecule has 2 heterocycles. The Morgan fingerprint density at radius 2 is 1.71 bits per heavy atom. The topological polar surface area (TPSA) is 195 Å². The lowest BCUT2D eigenvalue weighted by molar-refractivity contribution is -0.822. The van der Waals surface area contributed by atoms with Crippen LogP contribution in [0, 0.1) is 11.8 Å². The van der Waals surface area contributed by atoms with Gasteiger partial charge in [0, 0.05) is 17.4 Å². The van der Waals surface area contributed by atoms with E-state index in [-0.39, 0.29) is 28.6 Å². The molecule has 1 saturated carbocycles. The number of Topliss-reactive ketones (excluding diaryl/α,β-unsaturated/α-hetero) is 2. The van der Waals surface area contributed by atoms with E-state index in [9.17, 15) is 39.9 Å². The van der Waals surface area contributed by atoms with Gasteiger partial charge in [-0.1, -0.05) is 29.7 Å². The summed E-state index contributed by atoms with van der Waals surface area (Å²) in [5.41, 5.74) is -5.08. The highest BCUT2D eigenvalue weighted by molar-refractivity contribution is 6.75. The number of nitrogens with one attached hydrogen (secondary N) is 1. The second-order valence-electron chi connectivity index (χ2n) is 14.1. The van der Waals surface area contributed by atoms with Gasteiger partial charge in [0.25, 0.3) is 5.91 Å². The number of carbonyl (C=O) groups is 3. The molecule has 5 unspecified atom stereocenters. The smallest absolute Gasteiger partial charge is 0.504 e. The molecular formula is C34H40BN3O11. The summed E-state index contributed by atoms with van der Waals surface area (Å²) in [5.74, 6) is -6.95. The first kappa shape index (κ1) is 33.3. The van der Waals surface area contributed by atoms with Crippen LogP contribution in [0.1, 0.15) is 24.5 Å². The standard InChI is InChI=1S/C34H40BN3O11/c1-33(45)20-6-5-7-23(39)24(20)28(40)25-21(33)16-22-27(37(2)3)29(41)26(31(43)34(22,46)30(25)42)32(44)36-17-38-12-14-48-35(38,49-15-13-38)18-8-10-19(47-4)11-9-18/h5-11,21-22,27,39-40,43,45-46H,12-17H2,1-4H3,(H,36,44). The third-order valence-electron chi connectivity index (χ3n) is 11.6. The molecule has 0 spiro atoms. The van der Waals surface area contributed by atoms with Crippen molar-refractivity contribution >= 4 is 35.4 Å². The van der Waals surface area contributed by atoms with Gasteiger partial charge < -0.3 is 49.3 Å². The Balaban J connectivity index is 1.27. The Bertz CT molecular complexity index is 1830. The molecule has 14 nitrogen and oxygen atoms in total. The van der Waals surface area contributed by atoms with E-state index in [1.807, 2.05) is 12.1 Å². The van der Waals surface area contributed by atoms with Crippen molar-refractivity contribution in [2.75, 3.05) is 54.2 Å². The highest BCUT2D eigenvalue weighted by Gasteiger charge is 2.67. The number of nitrogens with zero attached hydrogens (tertiary/aromatic N) is 2. The van der Waals surface area contributed by atoms with Crippen molar-refractivity contribution in [3.63, 3.8) is 0 Å². The molecule has 3 fully saturated rings. The number of ether oxygens (including phenoxy) is 1. The minimum absolute atomic E-state index is 0.0513. The average molecular weight is 678 g/mol. The van der Waals surface area contributed by atoms with Crippen LogP contribution in [0.5, 0.6) is 11.5 Å². The lowest BCUT2D eigenvalue weighted by Gasteiger charge is -2.53. The van der Waals surface area contributed by atoms with Crippen molar-refractivity contribution in [1.82, 2.24) is 10.2 Å². The molecule has 2 aromatic rings. The summed E-state index contributed by atoms with van der Waals surface area (Å²) in [7, 11) is 4.66. The van der Waals surface area contributed by atoms with Crippen LogP contribution in [0.2, 0.25) is 0 Å². The van der Waals surface area contributed by atoms with Crippen LogP contribution in [-0.2, 0) is 29.3 Å². The zero-order valence-electron chi connectivity index (χ0n) is 27.7. The highest BCUT2D eigenvalue weighted by Crippen LogP contribution is 2.57. The van der Waals surface area contributed by atoms with E-state index < -0.39 is 81.7 Å². The lowest BCUT2D eigenvalue weighted by atomic mass is 9.54. The third-order valence-corrected chi connectivity index (χ3v) is 11.6. The first-order chi connectivity index (χ1) is 23.2. The quantitative estimate of drug-likeness (QED) is 0.177. The molecule has 0 radical (unpaired) electrons. The summed E-state index contributed by atoms with van der Waals surface area (Å²) in [5, 5.41) is 60.4. The van der Waals surface area contributed by atoms with E-state index >= 15 is 0 Å². The number of hydrogen-bond acceptors (Lipinski definition) is 12. The molecule has 1 amide bonds. The number of carbonyl (C=O) groups excluding carboxylic acids is 3. The maximum absolute atomic E-state index is 14.4. The molecule has 0 aromatic heterocycles. The van der Waals surface area contributed by atoms with E-state index in [0.717, 1.165) is 5.46 Å². The number of amides is 1. The van der Waals surface area contributed by atoms with Crippen LogP contribution >= 0.6 is 0 Å². The monoisotopic (exact) mass is 677 g/mol. The van der Waals surface area contributed by atoms with Crippen molar-refractivity contribution in [3.05, 3.63) is 70.5 Å². The average Bonchev–Trinajstić information content (AvgIpc) is 3.60. The molecule has 5 aliphatic rings. The van der Waals surface area contributed by atoms with Gasteiger partial charge in [-0.15, -0.1) is 0 Å². The van der Waals surface area contributed by atoms with E-state index in [2.05, 4.69) is 5.32 Å². The van der Waals surface area contributed by atoms with Crippen LogP contribution in [-0.4, -0.2) is 125 Å². The fourth-order valence-corrected chi connectivity index (χ4v) is 9.04. The molecule has 49 heavy (non-hydrogen) atoms.